The molecule has 0 atom stereocenters. The van der Waals surface area contributed by atoms with Crippen molar-refractivity contribution in [1.29, 1.82) is 0 Å². The molecule has 2 aromatic heterocycles. The van der Waals surface area contributed by atoms with Crippen LogP contribution in [0.1, 0.15) is 13.8 Å². The molecule has 0 bridgehead atoms. The van der Waals surface area contributed by atoms with E-state index in [1.165, 1.54) is 0 Å². The zero-order valence-corrected chi connectivity index (χ0v) is 12.5. The first kappa shape index (κ1) is 13.8. The molecule has 5 nitrogen and oxygen atoms in total. The van der Waals surface area contributed by atoms with Crippen molar-refractivity contribution in [2.24, 2.45) is 0 Å². The van der Waals surface area contributed by atoms with E-state index in [0.29, 0.717) is 12.1 Å². The number of benzene rings is 1. The molecule has 0 aliphatic heterocycles. The second kappa shape index (κ2) is 5.69. The number of likely N-dealkylation sites (N-methyl/N-ethyl adjacent to an activating group) is 1. The maximum atomic E-state index is 12.6. The Kier molecular flexibility index (Phi) is 3.75. The van der Waals surface area contributed by atoms with E-state index in [2.05, 4.69) is 28.7 Å². The lowest BCUT2D eigenvalue weighted by atomic mass is 10.2. The number of rotatable bonds is 5. The fourth-order valence-electron chi connectivity index (χ4n) is 2.69. The highest BCUT2D eigenvalue weighted by molar-refractivity contribution is 6.04. The van der Waals surface area contributed by atoms with Gasteiger partial charge in [0.2, 0.25) is 0 Å². The zero-order valence-electron chi connectivity index (χ0n) is 12.5. The van der Waals surface area contributed by atoms with Crippen LogP contribution in [0.25, 0.3) is 21.9 Å². The standard InChI is InChI=1S/C16H20N4O/c1-3-19(4-2)9-10-20-11-17-14-12-7-5-6-8-13(12)18-15(14)16(20)21/h5-8,11,18H,3-4,9-10H2,1-2H3. The number of aromatic amines is 1. The van der Waals surface area contributed by atoms with Gasteiger partial charge in [-0.15, -0.1) is 0 Å². The SMILES string of the molecule is CCN(CC)CCn1cnc2c([nH]c3ccccc32)c1=O. The van der Waals surface area contributed by atoms with Gasteiger partial charge in [-0.25, -0.2) is 4.98 Å². The summed E-state index contributed by atoms with van der Waals surface area (Å²) in [6.45, 7) is 7.77. The quantitative estimate of drug-likeness (QED) is 0.781. The van der Waals surface area contributed by atoms with Crippen LogP contribution in [0.3, 0.4) is 0 Å². The van der Waals surface area contributed by atoms with Crippen LogP contribution in [-0.4, -0.2) is 39.1 Å². The highest BCUT2D eigenvalue weighted by atomic mass is 16.1. The molecule has 3 aromatic rings. The first-order valence-corrected chi connectivity index (χ1v) is 7.42. The van der Waals surface area contributed by atoms with Crippen molar-refractivity contribution in [3.05, 3.63) is 40.9 Å². The Balaban J connectivity index is 2.00. The molecule has 110 valence electrons. The predicted octanol–water partition coefficient (Wildman–Crippen LogP) is 2.22. The molecule has 0 amide bonds. The largest absolute Gasteiger partial charge is 0.349 e. The molecule has 3 rings (SSSR count). The molecule has 0 aliphatic rings. The summed E-state index contributed by atoms with van der Waals surface area (Å²) < 4.78 is 1.69. The van der Waals surface area contributed by atoms with Crippen molar-refractivity contribution in [3.63, 3.8) is 0 Å². The Bertz CT molecular complexity index is 814. The monoisotopic (exact) mass is 284 g/mol. The Labute approximate surface area is 123 Å². The number of hydrogen-bond acceptors (Lipinski definition) is 3. The maximum Gasteiger partial charge on any atom is 0.277 e. The Hall–Kier alpha value is -2.14. The van der Waals surface area contributed by atoms with E-state index in [0.717, 1.165) is 36.1 Å². The fourth-order valence-corrected chi connectivity index (χ4v) is 2.69. The van der Waals surface area contributed by atoms with E-state index in [9.17, 15) is 4.79 Å². The lowest BCUT2D eigenvalue weighted by molar-refractivity contribution is 0.289. The van der Waals surface area contributed by atoms with Gasteiger partial charge in [0.1, 0.15) is 11.0 Å². The van der Waals surface area contributed by atoms with Gasteiger partial charge in [-0.1, -0.05) is 32.0 Å². The lowest BCUT2D eigenvalue weighted by Crippen LogP contribution is -2.31. The van der Waals surface area contributed by atoms with E-state index in [1.54, 1.807) is 10.9 Å². The number of para-hydroxylation sites is 1. The second-order valence-electron chi connectivity index (χ2n) is 5.16. The van der Waals surface area contributed by atoms with E-state index in [4.69, 9.17) is 0 Å². The molecule has 1 aromatic carbocycles. The maximum absolute atomic E-state index is 12.6. The summed E-state index contributed by atoms with van der Waals surface area (Å²) in [5.41, 5.74) is 2.31. The average Bonchev–Trinajstić information content (AvgIpc) is 2.90. The van der Waals surface area contributed by atoms with Gasteiger partial charge in [0.05, 0.1) is 6.33 Å². The molecule has 0 spiro atoms. The van der Waals surface area contributed by atoms with Gasteiger partial charge < -0.3 is 9.88 Å². The molecule has 0 radical (unpaired) electrons. The van der Waals surface area contributed by atoms with E-state index in [1.807, 2.05) is 24.3 Å². The molecule has 21 heavy (non-hydrogen) atoms. The van der Waals surface area contributed by atoms with Gasteiger partial charge in [0, 0.05) is 24.0 Å². The van der Waals surface area contributed by atoms with E-state index < -0.39 is 0 Å². The molecule has 2 heterocycles. The van der Waals surface area contributed by atoms with Crippen molar-refractivity contribution in [3.8, 4) is 0 Å². The fraction of sp³-hybridized carbons (Fsp3) is 0.375. The third-order valence-electron chi connectivity index (χ3n) is 4.03. The van der Waals surface area contributed by atoms with Crippen LogP contribution in [-0.2, 0) is 6.54 Å². The van der Waals surface area contributed by atoms with Gasteiger partial charge in [0.25, 0.3) is 5.56 Å². The number of H-pyrrole nitrogens is 1. The minimum Gasteiger partial charge on any atom is -0.349 e. The van der Waals surface area contributed by atoms with Crippen LogP contribution >= 0.6 is 0 Å². The third-order valence-corrected chi connectivity index (χ3v) is 4.03. The summed E-state index contributed by atoms with van der Waals surface area (Å²) >= 11 is 0. The van der Waals surface area contributed by atoms with Gasteiger partial charge >= 0.3 is 0 Å². The van der Waals surface area contributed by atoms with E-state index in [-0.39, 0.29) is 5.56 Å². The van der Waals surface area contributed by atoms with E-state index >= 15 is 0 Å². The van der Waals surface area contributed by atoms with Gasteiger partial charge in [-0.2, -0.15) is 0 Å². The van der Waals surface area contributed by atoms with Crippen LogP contribution < -0.4 is 5.56 Å². The number of nitrogens with zero attached hydrogens (tertiary/aromatic N) is 3. The first-order chi connectivity index (χ1) is 10.2. The normalized spacial score (nSPS) is 11.8. The molecule has 0 fully saturated rings. The van der Waals surface area contributed by atoms with Crippen molar-refractivity contribution < 1.29 is 0 Å². The summed E-state index contributed by atoms with van der Waals surface area (Å²) in [5, 5.41) is 1.00. The van der Waals surface area contributed by atoms with Crippen LogP contribution in [0.5, 0.6) is 0 Å². The summed E-state index contributed by atoms with van der Waals surface area (Å²) in [7, 11) is 0. The zero-order chi connectivity index (χ0) is 14.8. The Morgan fingerprint density at radius 2 is 2.00 bits per heavy atom. The number of nitrogens with one attached hydrogen (secondary N) is 1. The van der Waals surface area contributed by atoms with Gasteiger partial charge in [-0.05, 0) is 19.2 Å². The van der Waals surface area contributed by atoms with Gasteiger partial charge in [0.15, 0.2) is 0 Å². The molecular formula is C16H20N4O. The van der Waals surface area contributed by atoms with Crippen molar-refractivity contribution >= 4 is 21.9 Å². The minimum atomic E-state index is 0.00311. The minimum absolute atomic E-state index is 0.00311. The van der Waals surface area contributed by atoms with Gasteiger partial charge in [-0.3, -0.25) is 9.36 Å². The Morgan fingerprint density at radius 1 is 1.24 bits per heavy atom. The molecular weight excluding hydrogens is 264 g/mol. The van der Waals surface area contributed by atoms with Crippen molar-refractivity contribution in [2.45, 2.75) is 20.4 Å². The highest BCUT2D eigenvalue weighted by Gasteiger charge is 2.10. The lowest BCUT2D eigenvalue weighted by Gasteiger charge is -2.18. The molecule has 5 heteroatoms. The molecule has 0 saturated carbocycles. The summed E-state index contributed by atoms with van der Waals surface area (Å²) in [5.74, 6) is 0. The summed E-state index contributed by atoms with van der Waals surface area (Å²) in [6, 6.07) is 7.87. The number of fused-ring (bicyclic) bond motifs is 3. The second-order valence-corrected chi connectivity index (χ2v) is 5.16. The average molecular weight is 284 g/mol. The number of hydrogen-bond donors (Lipinski definition) is 1. The molecule has 0 unspecified atom stereocenters. The Morgan fingerprint density at radius 3 is 2.76 bits per heavy atom. The van der Waals surface area contributed by atoms with Crippen LogP contribution in [0.2, 0.25) is 0 Å². The first-order valence-electron chi connectivity index (χ1n) is 7.42. The van der Waals surface area contributed by atoms with Crippen molar-refractivity contribution in [2.75, 3.05) is 19.6 Å². The van der Waals surface area contributed by atoms with Crippen molar-refractivity contribution in [1.82, 2.24) is 19.4 Å². The predicted molar refractivity (Wildman–Crippen MR) is 85.6 cm³/mol. The summed E-state index contributed by atoms with van der Waals surface area (Å²) in [6.07, 6.45) is 1.66. The molecule has 0 saturated heterocycles. The highest BCUT2D eigenvalue weighted by Crippen LogP contribution is 2.20. The number of aromatic nitrogens is 3. The van der Waals surface area contributed by atoms with Crippen LogP contribution in [0.15, 0.2) is 35.4 Å². The smallest absolute Gasteiger partial charge is 0.277 e. The molecule has 1 N–H and O–H groups in total. The van der Waals surface area contributed by atoms with Crippen LogP contribution in [0, 0.1) is 0 Å². The summed E-state index contributed by atoms with van der Waals surface area (Å²) in [4.78, 5) is 22.5. The third kappa shape index (κ3) is 2.45. The molecule has 0 aliphatic carbocycles. The topological polar surface area (TPSA) is 53.9 Å². The van der Waals surface area contributed by atoms with Crippen LogP contribution in [0.4, 0.5) is 0 Å².